The molecule has 0 aromatic heterocycles. The first-order valence-corrected chi connectivity index (χ1v) is 19.8. The van der Waals surface area contributed by atoms with Gasteiger partial charge < -0.3 is 14.8 Å². The van der Waals surface area contributed by atoms with Gasteiger partial charge in [0.1, 0.15) is 5.75 Å². The summed E-state index contributed by atoms with van der Waals surface area (Å²) in [6.45, 7) is 9.47. The molecule has 0 aliphatic rings. The summed E-state index contributed by atoms with van der Waals surface area (Å²) in [7, 11) is 0. The van der Waals surface area contributed by atoms with Crippen LogP contribution in [0, 0.1) is 0 Å². The molecule has 0 unspecified atom stereocenters. The van der Waals surface area contributed by atoms with Crippen molar-refractivity contribution in [1.82, 2.24) is 5.32 Å². The van der Waals surface area contributed by atoms with E-state index in [1.165, 1.54) is 127 Å². The van der Waals surface area contributed by atoms with Crippen LogP contribution in [0.4, 0.5) is 0 Å². The van der Waals surface area contributed by atoms with Crippen molar-refractivity contribution in [1.29, 1.82) is 0 Å². The Morgan fingerprint density at radius 2 is 1.00 bits per heavy atom. The second-order valence-corrected chi connectivity index (χ2v) is 13.4. The van der Waals surface area contributed by atoms with Crippen LogP contribution < -0.4 is 10.1 Å². The van der Waals surface area contributed by atoms with E-state index < -0.39 is 0 Å². The van der Waals surface area contributed by atoms with E-state index in [1.807, 2.05) is 6.07 Å². The van der Waals surface area contributed by atoms with Gasteiger partial charge in [0.05, 0.1) is 6.61 Å². The molecule has 0 bridgehead atoms. The summed E-state index contributed by atoms with van der Waals surface area (Å²) in [5.41, 5.74) is 2.80. The van der Waals surface area contributed by atoms with Gasteiger partial charge in [-0.25, -0.2) is 0 Å². The van der Waals surface area contributed by atoms with Gasteiger partial charge in [-0.2, -0.15) is 0 Å². The van der Waals surface area contributed by atoms with Crippen LogP contribution in [-0.2, 0) is 27.2 Å². The molecule has 0 amide bonds. The summed E-state index contributed by atoms with van der Waals surface area (Å²) in [5, 5.41) is 3.57. The molecule has 1 aromatic carbocycles. The minimum atomic E-state index is -0.0985. The quantitative estimate of drug-likeness (QED) is 0.0469. The highest BCUT2D eigenvalue weighted by Crippen LogP contribution is 2.23. The molecule has 0 saturated carbocycles. The van der Waals surface area contributed by atoms with Crippen LogP contribution in [0.5, 0.6) is 5.75 Å². The van der Waals surface area contributed by atoms with Crippen molar-refractivity contribution >= 4 is 11.9 Å². The number of carbonyl (C=O) groups is 2. The number of unbranched alkanes of at least 4 members (excludes halogenated alkanes) is 18. The van der Waals surface area contributed by atoms with Gasteiger partial charge in [0.25, 0.3) is 0 Å². The second kappa shape index (κ2) is 31.7. The van der Waals surface area contributed by atoms with E-state index >= 15 is 0 Å². The molecule has 0 atom stereocenters. The maximum Gasteiger partial charge on any atom is 0.311 e. The lowest BCUT2D eigenvalue weighted by atomic mass is 9.97. The van der Waals surface area contributed by atoms with Gasteiger partial charge in [0, 0.05) is 12.8 Å². The fraction of sp³-hybridized carbons (Fsp3) is 0.805. The number of rotatable bonds is 33. The molecular weight excluding hydrogens is 570 g/mol. The van der Waals surface area contributed by atoms with Crippen LogP contribution in [0.1, 0.15) is 192 Å². The monoisotopic (exact) mass is 644 g/mol. The van der Waals surface area contributed by atoms with Crippen LogP contribution in [-0.4, -0.2) is 31.6 Å². The van der Waals surface area contributed by atoms with Crippen LogP contribution >= 0.6 is 0 Å². The summed E-state index contributed by atoms with van der Waals surface area (Å²) in [4.78, 5) is 24.3. The molecule has 0 spiro atoms. The minimum absolute atomic E-state index is 0.0159. The second-order valence-electron chi connectivity index (χ2n) is 13.4. The lowest BCUT2D eigenvalue weighted by Crippen LogP contribution is -2.16. The Hall–Kier alpha value is -1.88. The number of carbonyl (C=O) groups excluding carboxylic acids is 2. The molecular formula is C41H73NO4. The molecule has 0 saturated heterocycles. The van der Waals surface area contributed by atoms with E-state index in [1.54, 1.807) is 0 Å². The van der Waals surface area contributed by atoms with Crippen molar-refractivity contribution in [2.75, 3.05) is 19.7 Å². The summed E-state index contributed by atoms with van der Waals surface area (Å²) >= 11 is 0. The Morgan fingerprint density at radius 3 is 1.61 bits per heavy atom. The van der Waals surface area contributed by atoms with Crippen molar-refractivity contribution in [3.63, 3.8) is 0 Å². The van der Waals surface area contributed by atoms with Gasteiger partial charge in [-0.3, -0.25) is 9.59 Å². The molecule has 5 nitrogen and oxygen atoms in total. The number of esters is 2. The molecule has 0 fully saturated rings. The number of ether oxygens (including phenoxy) is 2. The maximum atomic E-state index is 12.5. The van der Waals surface area contributed by atoms with E-state index in [2.05, 4.69) is 38.2 Å². The summed E-state index contributed by atoms with van der Waals surface area (Å²) in [6.07, 6.45) is 30.6. The maximum absolute atomic E-state index is 12.5. The third kappa shape index (κ3) is 25.2. The predicted octanol–water partition coefficient (Wildman–Crippen LogP) is 11.6. The van der Waals surface area contributed by atoms with Gasteiger partial charge in [0.15, 0.2) is 0 Å². The summed E-state index contributed by atoms with van der Waals surface area (Å²) < 4.78 is 11.1. The third-order valence-corrected chi connectivity index (χ3v) is 8.99. The van der Waals surface area contributed by atoms with Gasteiger partial charge >= 0.3 is 11.9 Å². The van der Waals surface area contributed by atoms with Gasteiger partial charge in [0.2, 0.25) is 0 Å². The zero-order valence-electron chi connectivity index (χ0n) is 30.6. The van der Waals surface area contributed by atoms with Crippen molar-refractivity contribution in [3.05, 3.63) is 29.3 Å². The molecule has 266 valence electrons. The smallest absolute Gasteiger partial charge is 0.311 e. The zero-order chi connectivity index (χ0) is 33.3. The van der Waals surface area contributed by atoms with Gasteiger partial charge in [-0.1, -0.05) is 130 Å². The first-order chi connectivity index (χ1) is 22.6. The molecule has 1 N–H and O–H groups in total. The first-order valence-electron chi connectivity index (χ1n) is 19.8. The number of hydrogen-bond donors (Lipinski definition) is 1. The van der Waals surface area contributed by atoms with Gasteiger partial charge in [-0.15, -0.1) is 0 Å². The molecule has 5 heteroatoms. The topological polar surface area (TPSA) is 64.6 Å². The first kappa shape index (κ1) is 42.1. The number of benzene rings is 1. The highest BCUT2D eigenvalue weighted by Gasteiger charge is 2.09. The Kier molecular flexibility index (Phi) is 29.0. The molecule has 0 aliphatic heterocycles. The predicted molar refractivity (Wildman–Crippen MR) is 196 cm³/mol. The molecule has 1 rings (SSSR count). The third-order valence-electron chi connectivity index (χ3n) is 8.99. The highest BCUT2D eigenvalue weighted by molar-refractivity contribution is 5.72. The van der Waals surface area contributed by atoms with Crippen molar-refractivity contribution in [2.24, 2.45) is 0 Å². The lowest BCUT2D eigenvalue weighted by molar-refractivity contribution is -0.144. The number of nitrogens with one attached hydrogen (secondary N) is 1. The lowest BCUT2D eigenvalue weighted by Gasteiger charge is -2.12. The standard InChI is InChI=1S/C41H73NO4/c1-4-7-10-11-12-19-26-35-45-40(43)29-22-15-13-17-24-33-42-34-25-18-14-16-23-30-41(44)46-39-32-31-37(27-20-8-5-2)38(36-39)28-21-9-6-3/h31-32,36,42H,4-30,33-35H2,1-3H3. The summed E-state index contributed by atoms with van der Waals surface area (Å²) in [5.74, 6) is 0.604. The van der Waals surface area contributed by atoms with E-state index in [4.69, 9.17) is 9.47 Å². The van der Waals surface area contributed by atoms with Crippen molar-refractivity contribution < 1.29 is 19.1 Å². The molecule has 0 aliphatic carbocycles. The van der Waals surface area contributed by atoms with E-state index in [-0.39, 0.29) is 11.9 Å². The molecule has 0 heterocycles. The van der Waals surface area contributed by atoms with Crippen LogP contribution in [0.25, 0.3) is 0 Å². The zero-order valence-corrected chi connectivity index (χ0v) is 30.6. The Balaban J connectivity index is 1.96. The highest BCUT2D eigenvalue weighted by atomic mass is 16.5. The average Bonchev–Trinajstić information content (AvgIpc) is 3.05. The number of aryl methyl sites for hydroxylation is 2. The Bertz CT molecular complexity index is 855. The molecule has 0 radical (unpaired) electrons. The Labute approximate surface area is 284 Å². The average molecular weight is 644 g/mol. The Morgan fingerprint density at radius 1 is 0.522 bits per heavy atom. The van der Waals surface area contributed by atoms with Crippen molar-refractivity contribution in [2.45, 2.75) is 194 Å². The molecule has 46 heavy (non-hydrogen) atoms. The van der Waals surface area contributed by atoms with Crippen LogP contribution in [0.2, 0.25) is 0 Å². The normalized spacial score (nSPS) is 11.2. The van der Waals surface area contributed by atoms with Crippen LogP contribution in [0.15, 0.2) is 18.2 Å². The van der Waals surface area contributed by atoms with E-state index in [0.29, 0.717) is 19.4 Å². The summed E-state index contributed by atoms with van der Waals surface area (Å²) in [6, 6.07) is 6.31. The SMILES string of the molecule is CCCCCCCCCOC(=O)CCCCCCCNCCCCCCCC(=O)Oc1ccc(CCCCC)c(CCCCC)c1. The van der Waals surface area contributed by atoms with E-state index in [0.717, 1.165) is 63.8 Å². The van der Waals surface area contributed by atoms with Crippen LogP contribution in [0.3, 0.4) is 0 Å². The fourth-order valence-electron chi connectivity index (χ4n) is 6.00. The van der Waals surface area contributed by atoms with E-state index in [9.17, 15) is 9.59 Å². The molecule has 1 aromatic rings. The van der Waals surface area contributed by atoms with Crippen molar-refractivity contribution in [3.8, 4) is 5.75 Å². The minimum Gasteiger partial charge on any atom is -0.466 e. The number of hydrogen-bond acceptors (Lipinski definition) is 5. The van der Waals surface area contributed by atoms with Gasteiger partial charge in [-0.05, 0) is 94.1 Å². The fourth-order valence-corrected chi connectivity index (χ4v) is 6.00. The largest absolute Gasteiger partial charge is 0.466 e.